The summed E-state index contributed by atoms with van der Waals surface area (Å²) in [5.74, 6) is -6.01. The summed E-state index contributed by atoms with van der Waals surface area (Å²) >= 11 is 0. The highest BCUT2D eigenvalue weighted by molar-refractivity contribution is 6.01. The predicted molar refractivity (Wildman–Crippen MR) is 131 cm³/mol. The number of carbonyl (C=O) groups is 5. The summed E-state index contributed by atoms with van der Waals surface area (Å²) in [6.45, 7) is 4.06. The van der Waals surface area contributed by atoms with E-state index in [-0.39, 0.29) is 17.0 Å². The summed E-state index contributed by atoms with van der Waals surface area (Å²) in [5, 5.41) is 28.0. The first kappa shape index (κ1) is 31.1. The highest BCUT2D eigenvalue weighted by Crippen LogP contribution is 2.13. The number of aliphatic hydroxyl groups is 2. The van der Waals surface area contributed by atoms with Gasteiger partial charge in [0.15, 0.2) is 12.2 Å². The van der Waals surface area contributed by atoms with E-state index in [2.05, 4.69) is 16.4 Å². The molecule has 0 saturated heterocycles. The highest BCUT2D eigenvalue weighted by Gasteiger charge is 2.35. The standard InChI is InChI=1S/C18H14O8.C9H18O2/c19-13(17(23)25-15(21)11-7-3-1-4-8-11)14(20)18(24)26-16(22)12-9-5-2-6-10-12;1-3-5-6-7-8(4-2)9(10)11/h1-10,13-14,19-20H;8H,3-7H2,1-2H3,(H,10,11)/t;8-/m.0/s1. The molecule has 10 heteroatoms. The molecule has 0 aliphatic heterocycles. The predicted octanol–water partition coefficient (Wildman–Crippen LogP) is 3.15. The zero-order chi connectivity index (χ0) is 27.8. The van der Waals surface area contributed by atoms with E-state index >= 15 is 0 Å². The number of aliphatic hydroxyl groups excluding tert-OH is 2. The second kappa shape index (κ2) is 16.7. The number of benzene rings is 2. The first-order chi connectivity index (χ1) is 17.6. The van der Waals surface area contributed by atoms with Gasteiger partial charge in [-0.05, 0) is 37.1 Å². The third kappa shape index (κ3) is 11.1. The fourth-order valence-corrected chi connectivity index (χ4v) is 2.97. The molecule has 2 aromatic carbocycles. The third-order valence-electron chi connectivity index (χ3n) is 5.19. The molecular formula is C27H32O10. The summed E-state index contributed by atoms with van der Waals surface area (Å²) in [4.78, 5) is 57.3. The minimum absolute atomic E-state index is 0.0318. The first-order valence-corrected chi connectivity index (χ1v) is 11.8. The van der Waals surface area contributed by atoms with Crippen molar-refractivity contribution in [3.05, 3.63) is 71.8 Å². The monoisotopic (exact) mass is 516 g/mol. The van der Waals surface area contributed by atoms with E-state index in [9.17, 15) is 34.2 Å². The van der Waals surface area contributed by atoms with Crippen LogP contribution in [0.3, 0.4) is 0 Å². The molecule has 2 aromatic rings. The second-order valence-corrected chi connectivity index (χ2v) is 7.98. The van der Waals surface area contributed by atoms with Gasteiger partial charge < -0.3 is 24.8 Å². The molecule has 0 aliphatic rings. The molecule has 2 unspecified atom stereocenters. The van der Waals surface area contributed by atoms with E-state index in [1.165, 1.54) is 48.5 Å². The maximum absolute atomic E-state index is 11.7. The number of esters is 4. The van der Waals surface area contributed by atoms with Gasteiger partial charge in [0.2, 0.25) is 0 Å². The molecule has 2 rings (SSSR count). The Bertz CT molecular complexity index is 950. The molecule has 3 N–H and O–H groups in total. The second-order valence-electron chi connectivity index (χ2n) is 7.98. The molecule has 37 heavy (non-hydrogen) atoms. The Morgan fingerprint density at radius 3 is 1.43 bits per heavy atom. The summed E-state index contributed by atoms with van der Waals surface area (Å²) in [6, 6.07) is 14.8. The summed E-state index contributed by atoms with van der Waals surface area (Å²) in [5.41, 5.74) is 0.0637. The number of aliphatic carboxylic acids is 1. The van der Waals surface area contributed by atoms with Crippen LogP contribution in [0.4, 0.5) is 0 Å². The molecule has 0 fully saturated rings. The molecule has 0 saturated carbocycles. The summed E-state index contributed by atoms with van der Waals surface area (Å²) in [6.07, 6.45) is 0.178. The van der Waals surface area contributed by atoms with Gasteiger partial charge >= 0.3 is 29.8 Å². The maximum atomic E-state index is 11.7. The normalized spacial score (nSPS) is 12.6. The van der Waals surface area contributed by atoms with Crippen LogP contribution in [0.25, 0.3) is 0 Å². The molecular weight excluding hydrogens is 484 g/mol. The van der Waals surface area contributed by atoms with Gasteiger partial charge in [0.05, 0.1) is 17.0 Å². The van der Waals surface area contributed by atoms with Crippen molar-refractivity contribution in [2.24, 2.45) is 5.92 Å². The molecule has 0 radical (unpaired) electrons. The van der Waals surface area contributed by atoms with Gasteiger partial charge in [-0.1, -0.05) is 69.5 Å². The lowest BCUT2D eigenvalue weighted by atomic mass is 9.99. The maximum Gasteiger partial charge on any atom is 0.346 e. The molecule has 3 atom stereocenters. The van der Waals surface area contributed by atoms with Crippen molar-refractivity contribution in [1.82, 2.24) is 0 Å². The minimum Gasteiger partial charge on any atom is -0.481 e. The third-order valence-corrected chi connectivity index (χ3v) is 5.19. The lowest BCUT2D eigenvalue weighted by molar-refractivity contribution is -0.166. The Morgan fingerprint density at radius 1 is 0.703 bits per heavy atom. The smallest absolute Gasteiger partial charge is 0.346 e. The lowest BCUT2D eigenvalue weighted by Crippen LogP contribution is -2.43. The minimum atomic E-state index is -2.40. The van der Waals surface area contributed by atoms with Gasteiger partial charge in [0.1, 0.15) is 0 Å². The van der Waals surface area contributed by atoms with E-state index in [1.807, 2.05) is 6.92 Å². The molecule has 0 aromatic heterocycles. The quantitative estimate of drug-likeness (QED) is 0.229. The van der Waals surface area contributed by atoms with Gasteiger partial charge in [0, 0.05) is 0 Å². The summed E-state index contributed by atoms with van der Waals surface area (Å²) in [7, 11) is 0. The van der Waals surface area contributed by atoms with Gasteiger partial charge in [-0.25, -0.2) is 19.2 Å². The van der Waals surface area contributed by atoms with Crippen LogP contribution in [0.5, 0.6) is 0 Å². The van der Waals surface area contributed by atoms with Crippen LogP contribution in [0.2, 0.25) is 0 Å². The van der Waals surface area contributed by atoms with Crippen molar-refractivity contribution in [3.8, 4) is 0 Å². The topological polar surface area (TPSA) is 164 Å². The molecule has 10 nitrogen and oxygen atoms in total. The molecule has 0 aliphatic carbocycles. The van der Waals surface area contributed by atoms with Crippen LogP contribution >= 0.6 is 0 Å². The van der Waals surface area contributed by atoms with Crippen molar-refractivity contribution in [2.75, 3.05) is 0 Å². The van der Waals surface area contributed by atoms with Crippen LogP contribution in [-0.4, -0.2) is 57.4 Å². The van der Waals surface area contributed by atoms with E-state index in [4.69, 9.17) is 5.11 Å². The van der Waals surface area contributed by atoms with Crippen molar-refractivity contribution < 1.29 is 48.8 Å². The Morgan fingerprint density at radius 2 is 1.11 bits per heavy atom. The first-order valence-electron chi connectivity index (χ1n) is 11.8. The lowest BCUT2D eigenvalue weighted by Gasteiger charge is -2.14. The van der Waals surface area contributed by atoms with Gasteiger partial charge in [-0.15, -0.1) is 0 Å². The van der Waals surface area contributed by atoms with Crippen molar-refractivity contribution in [2.45, 2.75) is 58.2 Å². The molecule has 0 heterocycles. The fraction of sp³-hybridized carbons (Fsp3) is 0.370. The van der Waals surface area contributed by atoms with Crippen LogP contribution in [0.1, 0.15) is 66.7 Å². The number of carboxylic acids is 1. The number of hydrogen-bond donors (Lipinski definition) is 3. The SMILES string of the molecule is CCCCC[C@H](CC)C(=O)O.O=C(OC(=O)C(O)C(O)C(=O)OC(=O)c1ccccc1)c1ccccc1. The average molecular weight is 517 g/mol. The average Bonchev–Trinajstić information content (AvgIpc) is 2.91. The molecule has 0 amide bonds. The van der Waals surface area contributed by atoms with Gasteiger partial charge in [-0.2, -0.15) is 0 Å². The Kier molecular flexibility index (Phi) is 14.1. The Balaban J connectivity index is 0.000000525. The molecule has 0 bridgehead atoms. The van der Waals surface area contributed by atoms with Crippen molar-refractivity contribution in [3.63, 3.8) is 0 Å². The van der Waals surface area contributed by atoms with Gasteiger partial charge in [-0.3, -0.25) is 4.79 Å². The van der Waals surface area contributed by atoms with E-state index in [0.29, 0.717) is 0 Å². The highest BCUT2D eigenvalue weighted by atomic mass is 16.6. The van der Waals surface area contributed by atoms with E-state index in [1.54, 1.807) is 12.1 Å². The Hall–Kier alpha value is -3.89. The van der Waals surface area contributed by atoms with Crippen LogP contribution < -0.4 is 0 Å². The van der Waals surface area contributed by atoms with Crippen LogP contribution in [0, 0.1) is 5.92 Å². The fourth-order valence-electron chi connectivity index (χ4n) is 2.97. The molecule has 0 spiro atoms. The van der Waals surface area contributed by atoms with Crippen molar-refractivity contribution >= 4 is 29.8 Å². The van der Waals surface area contributed by atoms with Crippen LogP contribution in [0.15, 0.2) is 60.7 Å². The van der Waals surface area contributed by atoms with Gasteiger partial charge in [0.25, 0.3) is 0 Å². The van der Waals surface area contributed by atoms with Crippen molar-refractivity contribution in [1.29, 1.82) is 0 Å². The largest absolute Gasteiger partial charge is 0.481 e. The summed E-state index contributed by atoms with van der Waals surface area (Å²) < 4.78 is 8.76. The number of hydrogen-bond acceptors (Lipinski definition) is 9. The van der Waals surface area contributed by atoms with E-state index < -0.39 is 42.1 Å². The number of unbranched alkanes of at least 4 members (excludes halogenated alkanes) is 2. The van der Waals surface area contributed by atoms with Crippen LogP contribution in [-0.2, 0) is 23.9 Å². The molecule has 200 valence electrons. The zero-order valence-electron chi connectivity index (χ0n) is 20.7. The number of carboxylic acid groups (broad SMARTS) is 1. The Labute approximate surface area is 214 Å². The number of ether oxygens (including phenoxy) is 2. The van der Waals surface area contributed by atoms with E-state index in [0.717, 1.165) is 32.1 Å². The zero-order valence-corrected chi connectivity index (χ0v) is 20.7. The number of carbonyl (C=O) groups excluding carboxylic acids is 4. The number of rotatable bonds is 11.